The normalized spacial score (nSPS) is 10.6. The van der Waals surface area contributed by atoms with Crippen LogP contribution >= 0.6 is 22.6 Å². The molecule has 0 aromatic heterocycles. The van der Waals surface area contributed by atoms with E-state index in [-0.39, 0.29) is 20.6 Å². The van der Waals surface area contributed by atoms with Crippen LogP contribution in [0.25, 0.3) is 0 Å². The Kier molecular flexibility index (Phi) is 5.86. The van der Waals surface area contributed by atoms with Gasteiger partial charge in [0.2, 0.25) is 0 Å². The lowest BCUT2D eigenvalue weighted by Gasteiger charge is -2.14. The van der Waals surface area contributed by atoms with Gasteiger partial charge in [-0.25, -0.2) is 8.78 Å². The molecule has 0 aliphatic carbocycles. The fraction of sp³-hybridized carbons (Fsp3) is 0.133. The summed E-state index contributed by atoms with van der Waals surface area (Å²) in [4.78, 5) is 12.3. The van der Waals surface area contributed by atoms with Gasteiger partial charge in [-0.1, -0.05) is 6.07 Å². The molecule has 0 spiro atoms. The van der Waals surface area contributed by atoms with Crippen LogP contribution in [0.2, 0.25) is 0 Å². The molecular formula is C15H10F4INO3. The molecule has 1 N–H and O–H groups in total. The van der Waals surface area contributed by atoms with Gasteiger partial charge in [0.15, 0.2) is 11.5 Å². The minimum absolute atomic E-state index is 0.0806. The van der Waals surface area contributed by atoms with Gasteiger partial charge in [0, 0.05) is 5.69 Å². The van der Waals surface area contributed by atoms with Crippen molar-refractivity contribution >= 4 is 34.2 Å². The third-order valence-corrected chi connectivity index (χ3v) is 3.92. The van der Waals surface area contributed by atoms with E-state index in [0.717, 1.165) is 12.1 Å². The number of anilines is 1. The van der Waals surface area contributed by atoms with Crippen LogP contribution < -0.4 is 14.8 Å². The van der Waals surface area contributed by atoms with Crippen molar-refractivity contribution in [3.8, 4) is 11.5 Å². The first-order valence-electron chi connectivity index (χ1n) is 6.41. The largest absolute Gasteiger partial charge is 0.493 e. The maximum absolute atomic E-state index is 13.5. The minimum Gasteiger partial charge on any atom is -0.493 e. The van der Waals surface area contributed by atoms with Crippen LogP contribution in [-0.2, 0) is 0 Å². The first kappa shape index (κ1) is 18.3. The van der Waals surface area contributed by atoms with Crippen LogP contribution in [0.15, 0.2) is 30.3 Å². The highest BCUT2D eigenvalue weighted by Crippen LogP contribution is 2.33. The first-order chi connectivity index (χ1) is 11.3. The number of methoxy groups -OCH3 is 1. The zero-order valence-corrected chi connectivity index (χ0v) is 14.2. The smallest absolute Gasteiger partial charge is 0.387 e. The second kappa shape index (κ2) is 7.69. The fourth-order valence-electron chi connectivity index (χ4n) is 1.89. The van der Waals surface area contributed by atoms with Crippen molar-refractivity contribution in [3.05, 3.63) is 51.1 Å². The average Bonchev–Trinajstić information content (AvgIpc) is 2.52. The summed E-state index contributed by atoms with van der Waals surface area (Å²) in [6.07, 6.45) is 0. The van der Waals surface area contributed by atoms with Gasteiger partial charge in [-0.05, 0) is 46.9 Å². The monoisotopic (exact) mass is 455 g/mol. The molecule has 24 heavy (non-hydrogen) atoms. The summed E-state index contributed by atoms with van der Waals surface area (Å²) >= 11 is 1.48. The van der Waals surface area contributed by atoms with Crippen molar-refractivity contribution in [2.75, 3.05) is 12.4 Å². The first-order valence-corrected chi connectivity index (χ1v) is 7.49. The van der Waals surface area contributed by atoms with Gasteiger partial charge in [-0.2, -0.15) is 8.78 Å². The van der Waals surface area contributed by atoms with Gasteiger partial charge in [0.1, 0.15) is 11.6 Å². The zero-order chi connectivity index (χ0) is 17.9. The van der Waals surface area contributed by atoms with Crippen LogP contribution in [0.3, 0.4) is 0 Å². The molecule has 2 rings (SSSR count). The summed E-state index contributed by atoms with van der Waals surface area (Å²) in [6, 6.07) is 5.77. The SMILES string of the molecule is COc1cccc(C(=O)Nc2cc(F)c(I)c(F)c2)c1OC(F)F. The minimum atomic E-state index is -3.18. The molecule has 0 bridgehead atoms. The van der Waals surface area contributed by atoms with Crippen molar-refractivity contribution in [2.45, 2.75) is 6.61 Å². The third-order valence-electron chi connectivity index (χ3n) is 2.89. The van der Waals surface area contributed by atoms with Crippen LogP contribution in [0.1, 0.15) is 10.4 Å². The Morgan fingerprint density at radius 2 is 1.83 bits per heavy atom. The summed E-state index contributed by atoms with van der Waals surface area (Å²) in [5, 5.41) is 2.23. The van der Waals surface area contributed by atoms with E-state index in [4.69, 9.17) is 4.74 Å². The van der Waals surface area contributed by atoms with Crippen LogP contribution in [-0.4, -0.2) is 19.6 Å². The van der Waals surface area contributed by atoms with Crippen LogP contribution in [0, 0.1) is 15.2 Å². The second-order valence-corrected chi connectivity index (χ2v) is 5.50. The van der Waals surface area contributed by atoms with Crippen molar-refractivity contribution in [1.29, 1.82) is 0 Å². The number of carbonyl (C=O) groups is 1. The van der Waals surface area contributed by atoms with E-state index < -0.39 is 29.9 Å². The van der Waals surface area contributed by atoms with Gasteiger partial charge >= 0.3 is 6.61 Å². The molecular weight excluding hydrogens is 445 g/mol. The Labute approximate surface area is 147 Å². The average molecular weight is 455 g/mol. The van der Waals surface area contributed by atoms with Gasteiger partial charge in [0.05, 0.1) is 16.2 Å². The molecule has 2 aromatic rings. The predicted octanol–water partition coefficient (Wildman–Crippen LogP) is 4.43. The quantitative estimate of drug-likeness (QED) is 0.413. The highest BCUT2D eigenvalue weighted by Gasteiger charge is 2.21. The van der Waals surface area contributed by atoms with Gasteiger partial charge in [0.25, 0.3) is 5.91 Å². The van der Waals surface area contributed by atoms with Crippen molar-refractivity contribution in [3.63, 3.8) is 0 Å². The number of halogens is 5. The number of hydrogen-bond acceptors (Lipinski definition) is 3. The maximum atomic E-state index is 13.5. The molecule has 0 radical (unpaired) electrons. The number of carbonyl (C=O) groups excluding carboxylic acids is 1. The molecule has 1 amide bonds. The fourth-order valence-corrected chi connectivity index (χ4v) is 2.20. The summed E-state index contributed by atoms with van der Waals surface area (Å²) < 4.78 is 61.1. The zero-order valence-electron chi connectivity index (χ0n) is 12.1. The molecule has 0 saturated heterocycles. The Hall–Kier alpha value is -2.04. The van der Waals surface area contributed by atoms with Gasteiger partial charge < -0.3 is 14.8 Å². The Morgan fingerprint density at radius 1 is 1.21 bits per heavy atom. The number of amides is 1. The van der Waals surface area contributed by atoms with E-state index in [1.54, 1.807) is 0 Å². The van der Waals surface area contributed by atoms with E-state index >= 15 is 0 Å². The van der Waals surface area contributed by atoms with Crippen molar-refractivity contribution in [1.82, 2.24) is 0 Å². The van der Waals surface area contributed by atoms with Gasteiger partial charge in [-0.15, -0.1) is 0 Å². The van der Waals surface area contributed by atoms with Crippen LogP contribution in [0.4, 0.5) is 23.2 Å². The van der Waals surface area contributed by atoms with E-state index in [0.29, 0.717) is 0 Å². The summed E-state index contributed by atoms with van der Waals surface area (Å²) in [6.45, 7) is -3.18. The van der Waals surface area contributed by atoms with E-state index in [9.17, 15) is 22.4 Å². The topological polar surface area (TPSA) is 47.6 Å². The van der Waals surface area contributed by atoms with Crippen molar-refractivity contribution < 1.29 is 31.8 Å². The lowest BCUT2D eigenvalue weighted by atomic mass is 10.1. The molecule has 4 nitrogen and oxygen atoms in total. The summed E-state index contributed by atoms with van der Waals surface area (Å²) in [5.74, 6) is -3.16. The van der Waals surface area contributed by atoms with E-state index in [1.165, 1.54) is 47.9 Å². The molecule has 0 unspecified atom stereocenters. The maximum Gasteiger partial charge on any atom is 0.387 e. The molecule has 0 saturated carbocycles. The number of rotatable bonds is 5. The molecule has 9 heteroatoms. The number of hydrogen-bond donors (Lipinski definition) is 1. The predicted molar refractivity (Wildman–Crippen MR) is 86.7 cm³/mol. The lowest BCUT2D eigenvalue weighted by molar-refractivity contribution is -0.0515. The van der Waals surface area contributed by atoms with Crippen molar-refractivity contribution in [2.24, 2.45) is 0 Å². The number of nitrogens with one attached hydrogen (secondary N) is 1. The number of benzene rings is 2. The van der Waals surface area contributed by atoms with E-state index in [1.807, 2.05) is 0 Å². The summed E-state index contributed by atoms with van der Waals surface area (Å²) in [5.41, 5.74) is -0.435. The van der Waals surface area contributed by atoms with E-state index in [2.05, 4.69) is 10.1 Å². The number of ether oxygens (including phenoxy) is 2. The molecule has 128 valence electrons. The lowest BCUT2D eigenvalue weighted by Crippen LogP contribution is -2.16. The highest BCUT2D eigenvalue weighted by molar-refractivity contribution is 14.1. The molecule has 0 atom stereocenters. The third kappa shape index (κ3) is 4.08. The van der Waals surface area contributed by atoms with Crippen LogP contribution in [0.5, 0.6) is 11.5 Å². The van der Waals surface area contributed by atoms with Gasteiger partial charge in [-0.3, -0.25) is 4.79 Å². The highest BCUT2D eigenvalue weighted by atomic mass is 127. The molecule has 0 aliphatic rings. The number of para-hydroxylation sites is 1. The molecule has 0 heterocycles. The summed E-state index contributed by atoms with van der Waals surface area (Å²) in [7, 11) is 1.22. The number of alkyl halides is 2. The Bertz CT molecular complexity index is 747. The molecule has 0 aliphatic heterocycles. The Balaban J connectivity index is 2.36. The molecule has 2 aromatic carbocycles. The Morgan fingerprint density at radius 3 is 2.38 bits per heavy atom. The second-order valence-electron chi connectivity index (χ2n) is 4.42. The standard InChI is InChI=1S/C15H10F4INO3/c1-23-11-4-2-3-8(13(11)24-15(18)19)14(22)21-7-5-9(16)12(20)10(17)6-7/h2-6,15H,1H3,(H,21,22). The molecule has 0 fully saturated rings.